The van der Waals surface area contributed by atoms with Crippen molar-refractivity contribution in [3.05, 3.63) is 144 Å². The van der Waals surface area contributed by atoms with E-state index in [1.54, 1.807) is 24.6 Å². The van der Waals surface area contributed by atoms with Gasteiger partial charge in [-0.05, 0) is 69.1 Å². The summed E-state index contributed by atoms with van der Waals surface area (Å²) in [6, 6.07) is 39.0. The molecule has 0 spiro atoms. The summed E-state index contributed by atoms with van der Waals surface area (Å²) < 4.78 is 0. The van der Waals surface area contributed by atoms with Crippen LogP contribution in [0.3, 0.4) is 0 Å². The standard InChI is InChI=1S/C36H26N2O2/c39-35-21-15-27-5-1-3-7-31(27)33(35)23-37-29-17-11-25(12-18-29)9-10-26-13-19-30(20-14-26)38-24-34-32-8-4-2-6-28(32)16-22-36(34)40/h1-24,39-40H. The van der Waals surface area contributed by atoms with Crippen molar-refractivity contribution < 1.29 is 10.2 Å². The number of rotatable bonds is 6. The molecule has 192 valence electrons. The Morgan fingerprint density at radius 1 is 0.425 bits per heavy atom. The van der Waals surface area contributed by atoms with E-state index >= 15 is 0 Å². The first-order valence-electron chi connectivity index (χ1n) is 13.0. The van der Waals surface area contributed by atoms with Crippen LogP contribution in [0.25, 0.3) is 33.7 Å². The molecule has 0 heterocycles. The van der Waals surface area contributed by atoms with Gasteiger partial charge in [0.1, 0.15) is 11.5 Å². The van der Waals surface area contributed by atoms with Crippen molar-refractivity contribution in [1.29, 1.82) is 0 Å². The molecule has 0 amide bonds. The van der Waals surface area contributed by atoms with E-state index in [0.29, 0.717) is 11.1 Å². The fourth-order valence-electron chi connectivity index (χ4n) is 4.65. The van der Waals surface area contributed by atoms with Gasteiger partial charge in [0.05, 0.1) is 11.4 Å². The van der Waals surface area contributed by atoms with Crippen molar-refractivity contribution in [2.45, 2.75) is 0 Å². The summed E-state index contributed by atoms with van der Waals surface area (Å²) in [5.74, 6) is 0.427. The molecule has 4 nitrogen and oxygen atoms in total. The highest BCUT2D eigenvalue weighted by molar-refractivity contribution is 6.04. The summed E-state index contributed by atoms with van der Waals surface area (Å²) in [5, 5.41) is 24.7. The van der Waals surface area contributed by atoms with Crippen molar-refractivity contribution >= 4 is 57.5 Å². The van der Waals surface area contributed by atoms with Gasteiger partial charge in [-0.15, -0.1) is 0 Å². The summed E-state index contributed by atoms with van der Waals surface area (Å²) >= 11 is 0. The van der Waals surface area contributed by atoms with Crippen molar-refractivity contribution in [3.63, 3.8) is 0 Å². The Hall–Kier alpha value is -5.48. The third-order valence-electron chi connectivity index (χ3n) is 6.84. The van der Waals surface area contributed by atoms with Gasteiger partial charge in [0.2, 0.25) is 0 Å². The first-order valence-corrected chi connectivity index (χ1v) is 13.0. The van der Waals surface area contributed by atoms with Crippen molar-refractivity contribution in [2.24, 2.45) is 9.98 Å². The molecular weight excluding hydrogens is 492 g/mol. The number of phenols is 2. The van der Waals surface area contributed by atoms with E-state index < -0.39 is 0 Å². The van der Waals surface area contributed by atoms with E-state index in [2.05, 4.69) is 22.1 Å². The Morgan fingerprint density at radius 3 is 1.25 bits per heavy atom. The quantitative estimate of drug-likeness (QED) is 0.171. The highest BCUT2D eigenvalue weighted by Crippen LogP contribution is 2.28. The number of nitrogens with zero attached hydrogens (tertiary/aromatic N) is 2. The van der Waals surface area contributed by atoms with Crippen LogP contribution in [0.15, 0.2) is 131 Å². The predicted octanol–water partition coefficient (Wildman–Crippen LogP) is 9.08. The van der Waals surface area contributed by atoms with E-state index in [9.17, 15) is 10.2 Å². The zero-order chi connectivity index (χ0) is 27.3. The first kappa shape index (κ1) is 24.8. The Labute approximate surface area is 232 Å². The minimum absolute atomic E-state index is 0.213. The fourth-order valence-corrected chi connectivity index (χ4v) is 4.65. The molecule has 0 aliphatic carbocycles. The molecule has 4 heteroatoms. The molecule has 0 bridgehead atoms. The molecule has 0 unspecified atom stereocenters. The van der Waals surface area contributed by atoms with Crippen LogP contribution in [0.4, 0.5) is 11.4 Å². The van der Waals surface area contributed by atoms with Crippen LogP contribution in [0.1, 0.15) is 22.3 Å². The second kappa shape index (κ2) is 11.1. The van der Waals surface area contributed by atoms with E-state index in [4.69, 9.17) is 0 Å². The average Bonchev–Trinajstić information content (AvgIpc) is 3.00. The van der Waals surface area contributed by atoms with E-state index in [0.717, 1.165) is 44.0 Å². The number of aromatic hydroxyl groups is 2. The maximum absolute atomic E-state index is 10.3. The summed E-state index contributed by atoms with van der Waals surface area (Å²) in [6.07, 6.45) is 7.54. The van der Waals surface area contributed by atoms with Crippen molar-refractivity contribution in [2.75, 3.05) is 0 Å². The Morgan fingerprint density at radius 2 is 0.825 bits per heavy atom. The van der Waals surface area contributed by atoms with E-state index in [1.165, 1.54) is 0 Å². The molecule has 6 aromatic carbocycles. The zero-order valence-electron chi connectivity index (χ0n) is 21.6. The van der Waals surface area contributed by atoms with Gasteiger partial charge < -0.3 is 10.2 Å². The van der Waals surface area contributed by atoms with E-state index in [1.807, 2.05) is 109 Å². The molecule has 6 aromatic rings. The molecule has 0 aliphatic heterocycles. The summed E-state index contributed by atoms with van der Waals surface area (Å²) in [4.78, 5) is 9.16. The molecule has 0 saturated heterocycles. The molecule has 2 N–H and O–H groups in total. The second-order valence-corrected chi connectivity index (χ2v) is 9.47. The van der Waals surface area contributed by atoms with Crippen LogP contribution >= 0.6 is 0 Å². The van der Waals surface area contributed by atoms with Crippen molar-refractivity contribution in [3.8, 4) is 11.5 Å². The number of phenolic OH excluding ortho intramolecular Hbond substituents is 2. The Balaban J connectivity index is 1.13. The van der Waals surface area contributed by atoms with Crippen LogP contribution in [0.5, 0.6) is 11.5 Å². The molecule has 6 rings (SSSR count). The van der Waals surface area contributed by atoms with Crippen LogP contribution in [-0.4, -0.2) is 22.6 Å². The van der Waals surface area contributed by atoms with Crippen LogP contribution in [0.2, 0.25) is 0 Å². The normalized spacial score (nSPS) is 11.9. The maximum Gasteiger partial charge on any atom is 0.124 e. The van der Waals surface area contributed by atoms with Gasteiger partial charge in [-0.3, -0.25) is 9.98 Å². The summed E-state index contributed by atoms with van der Waals surface area (Å²) in [6.45, 7) is 0. The lowest BCUT2D eigenvalue weighted by atomic mass is 10.0. The number of aliphatic imine (C=N–C) groups is 2. The smallest absolute Gasteiger partial charge is 0.124 e. The maximum atomic E-state index is 10.3. The lowest BCUT2D eigenvalue weighted by Crippen LogP contribution is -1.85. The average molecular weight is 519 g/mol. The lowest BCUT2D eigenvalue weighted by molar-refractivity contribution is 0.475. The van der Waals surface area contributed by atoms with Crippen molar-refractivity contribution in [1.82, 2.24) is 0 Å². The predicted molar refractivity (Wildman–Crippen MR) is 168 cm³/mol. The topological polar surface area (TPSA) is 65.2 Å². The Bertz CT molecular complexity index is 1760. The highest BCUT2D eigenvalue weighted by atomic mass is 16.3. The van der Waals surface area contributed by atoms with Crippen LogP contribution < -0.4 is 0 Å². The molecule has 0 aromatic heterocycles. The molecule has 0 fully saturated rings. The van der Waals surface area contributed by atoms with Gasteiger partial charge in [-0.2, -0.15) is 0 Å². The largest absolute Gasteiger partial charge is 0.507 e. The lowest BCUT2D eigenvalue weighted by Gasteiger charge is -2.05. The molecule has 0 atom stereocenters. The Kier molecular flexibility index (Phi) is 6.89. The SMILES string of the molecule is Oc1ccc2ccccc2c1C=Nc1ccc(C=Cc2ccc(N=Cc3c(O)ccc4ccccc34)cc2)cc1. The third kappa shape index (κ3) is 5.38. The minimum atomic E-state index is 0.213. The van der Waals surface area contributed by atoms with Gasteiger partial charge in [0.25, 0.3) is 0 Å². The highest BCUT2D eigenvalue weighted by Gasteiger charge is 2.05. The number of benzene rings is 6. The third-order valence-corrected chi connectivity index (χ3v) is 6.84. The first-order chi connectivity index (χ1) is 19.6. The minimum Gasteiger partial charge on any atom is -0.507 e. The monoisotopic (exact) mass is 518 g/mol. The van der Waals surface area contributed by atoms with Gasteiger partial charge in [-0.25, -0.2) is 0 Å². The molecule has 40 heavy (non-hydrogen) atoms. The summed E-state index contributed by atoms with van der Waals surface area (Å²) in [7, 11) is 0. The number of hydrogen-bond acceptors (Lipinski definition) is 4. The number of hydrogen-bond donors (Lipinski definition) is 2. The molecule has 0 radical (unpaired) electrons. The second-order valence-electron chi connectivity index (χ2n) is 9.47. The van der Waals surface area contributed by atoms with Crippen LogP contribution in [-0.2, 0) is 0 Å². The molecule has 0 aliphatic rings. The number of fused-ring (bicyclic) bond motifs is 2. The molecular formula is C36H26N2O2. The zero-order valence-corrected chi connectivity index (χ0v) is 21.6. The van der Waals surface area contributed by atoms with Crippen LogP contribution in [0, 0.1) is 0 Å². The van der Waals surface area contributed by atoms with Gasteiger partial charge in [0, 0.05) is 23.6 Å². The van der Waals surface area contributed by atoms with E-state index in [-0.39, 0.29) is 11.5 Å². The fraction of sp³-hybridized carbons (Fsp3) is 0. The van der Waals surface area contributed by atoms with Gasteiger partial charge >= 0.3 is 0 Å². The van der Waals surface area contributed by atoms with Gasteiger partial charge in [-0.1, -0.05) is 97.1 Å². The summed E-state index contributed by atoms with van der Waals surface area (Å²) in [5.41, 5.74) is 5.15. The molecule has 0 saturated carbocycles. The van der Waals surface area contributed by atoms with Gasteiger partial charge in [0.15, 0.2) is 0 Å².